The first kappa shape index (κ1) is 21.5. The topological polar surface area (TPSA) is 77.5 Å². The number of nitrogens with one attached hydrogen (secondary N) is 1. The molecule has 3 aromatic rings. The van der Waals surface area contributed by atoms with Crippen molar-refractivity contribution in [2.45, 2.75) is 33.4 Å². The van der Waals surface area contributed by atoms with E-state index >= 15 is 0 Å². The molecule has 0 atom stereocenters. The zero-order valence-corrected chi connectivity index (χ0v) is 17.8. The molecule has 1 heterocycles. The molecule has 30 heavy (non-hydrogen) atoms. The zero-order chi connectivity index (χ0) is 21.3. The van der Waals surface area contributed by atoms with Crippen molar-refractivity contribution in [3.8, 4) is 5.75 Å². The number of rotatable bonds is 9. The molecule has 0 aliphatic rings. The highest BCUT2D eigenvalue weighted by molar-refractivity contribution is 7.09. The van der Waals surface area contributed by atoms with E-state index < -0.39 is 5.97 Å². The first-order valence-electron chi connectivity index (χ1n) is 9.58. The summed E-state index contributed by atoms with van der Waals surface area (Å²) in [7, 11) is 0. The third kappa shape index (κ3) is 7.00. The molecule has 6 nitrogen and oxygen atoms in total. The second kappa shape index (κ2) is 10.5. The molecule has 0 aliphatic heterocycles. The number of carbonyl (C=O) groups excluding carboxylic acids is 2. The van der Waals surface area contributed by atoms with Crippen LogP contribution in [-0.4, -0.2) is 23.5 Å². The number of hydrogen-bond acceptors (Lipinski definition) is 6. The molecule has 7 heteroatoms. The van der Waals surface area contributed by atoms with Crippen molar-refractivity contribution in [2.75, 3.05) is 6.61 Å². The van der Waals surface area contributed by atoms with Crippen LogP contribution in [0.4, 0.5) is 0 Å². The van der Waals surface area contributed by atoms with Gasteiger partial charge in [-0.15, -0.1) is 11.3 Å². The van der Waals surface area contributed by atoms with Gasteiger partial charge in [0.25, 0.3) is 5.91 Å². The van der Waals surface area contributed by atoms with Crippen LogP contribution in [0.5, 0.6) is 5.75 Å². The summed E-state index contributed by atoms with van der Waals surface area (Å²) in [6.45, 7) is 4.45. The quantitative estimate of drug-likeness (QED) is 0.530. The minimum absolute atomic E-state index is 0.0201. The summed E-state index contributed by atoms with van der Waals surface area (Å²) in [5.41, 5.74) is 3.92. The molecule has 0 bridgehead atoms. The molecule has 0 radical (unpaired) electrons. The molecule has 1 amide bonds. The molecule has 2 aromatic carbocycles. The number of aromatic nitrogens is 1. The number of benzene rings is 2. The largest absolute Gasteiger partial charge is 0.486 e. The minimum Gasteiger partial charge on any atom is -0.486 e. The summed E-state index contributed by atoms with van der Waals surface area (Å²) in [4.78, 5) is 28.2. The lowest BCUT2D eigenvalue weighted by Gasteiger charge is -2.06. The van der Waals surface area contributed by atoms with Crippen LogP contribution in [0.3, 0.4) is 0 Å². The number of carbonyl (C=O) groups is 2. The van der Waals surface area contributed by atoms with Crippen LogP contribution in [0.2, 0.25) is 0 Å². The second-order valence-corrected chi connectivity index (χ2v) is 7.88. The van der Waals surface area contributed by atoms with Crippen LogP contribution >= 0.6 is 11.3 Å². The molecular formula is C23H24N2O4S. The van der Waals surface area contributed by atoms with Gasteiger partial charge in [0.05, 0.1) is 12.1 Å². The standard InChI is InChI=1S/C23H24N2O4S/c1-16-3-7-18(8-4-16)12-24-21(26)13-29-23(27)11-19-15-30-22(25-19)14-28-20-9-5-17(2)6-10-20/h3-10,15H,11-14H2,1-2H3,(H,24,26). The van der Waals surface area contributed by atoms with Gasteiger partial charge in [0.15, 0.2) is 6.61 Å². The molecule has 0 fully saturated rings. The number of amides is 1. The minimum atomic E-state index is -0.489. The maximum atomic E-state index is 12.0. The number of nitrogens with zero attached hydrogens (tertiary/aromatic N) is 1. The van der Waals surface area contributed by atoms with Crippen molar-refractivity contribution < 1.29 is 19.1 Å². The van der Waals surface area contributed by atoms with Gasteiger partial charge >= 0.3 is 5.97 Å². The number of ether oxygens (including phenoxy) is 2. The van der Waals surface area contributed by atoms with Crippen molar-refractivity contribution in [1.82, 2.24) is 10.3 Å². The molecule has 0 unspecified atom stereocenters. The Hall–Kier alpha value is -3.19. The Morgan fingerprint density at radius 1 is 1.00 bits per heavy atom. The van der Waals surface area contributed by atoms with E-state index in [0.717, 1.165) is 21.9 Å². The molecule has 3 rings (SSSR count). The van der Waals surface area contributed by atoms with Crippen LogP contribution in [0.25, 0.3) is 0 Å². The summed E-state index contributed by atoms with van der Waals surface area (Å²) in [5.74, 6) is -0.0559. The maximum absolute atomic E-state index is 12.0. The molecule has 0 aliphatic carbocycles. The lowest BCUT2D eigenvalue weighted by Crippen LogP contribution is -2.28. The summed E-state index contributed by atoms with van der Waals surface area (Å²) in [6.07, 6.45) is 0.0201. The highest BCUT2D eigenvalue weighted by Gasteiger charge is 2.11. The van der Waals surface area contributed by atoms with Gasteiger partial charge in [0.1, 0.15) is 17.4 Å². The second-order valence-electron chi connectivity index (χ2n) is 6.93. The van der Waals surface area contributed by atoms with Gasteiger partial charge in [-0.3, -0.25) is 9.59 Å². The van der Waals surface area contributed by atoms with Gasteiger partial charge in [-0.25, -0.2) is 4.98 Å². The van der Waals surface area contributed by atoms with Gasteiger partial charge in [-0.1, -0.05) is 47.5 Å². The average molecular weight is 425 g/mol. The summed E-state index contributed by atoms with van der Waals surface area (Å²) >= 11 is 1.42. The maximum Gasteiger partial charge on any atom is 0.312 e. The van der Waals surface area contributed by atoms with E-state index in [2.05, 4.69) is 10.3 Å². The Labute approximate surface area is 179 Å². The summed E-state index contributed by atoms with van der Waals surface area (Å²) in [5, 5.41) is 5.30. The first-order chi connectivity index (χ1) is 14.5. The Morgan fingerprint density at radius 3 is 2.37 bits per heavy atom. The Morgan fingerprint density at radius 2 is 1.67 bits per heavy atom. The third-order valence-corrected chi connectivity index (χ3v) is 5.15. The lowest BCUT2D eigenvalue weighted by atomic mass is 10.1. The van der Waals surface area contributed by atoms with E-state index in [-0.39, 0.29) is 18.9 Å². The van der Waals surface area contributed by atoms with E-state index in [4.69, 9.17) is 9.47 Å². The van der Waals surface area contributed by atoms with Gasteiger partial charge in [0, 0.05) is 11.9 Å². The van der Waals surface area contributed by atoms with Gasteiger partial charge < -0.3 is 14.8 Å². The van der Waals surface area contributed by atoms with Crippen LogP contribution in [-0.2, 0) is 33.9 Å². The van der Waals surface area contributed by atoms with E-state index in [9.17, 15) is 9.59 Å². The first-order valence-corrected chi connectivity index (χ1v) is 10.5. The Kier molecular flexibility index (Phi) is 7.57. The van der Waals surface area contributed by atoms with E-state index in [1.54, 1.807) is 5.38 Å². The molecule has 156 valence electrons. The SMILES string of the molecule is Cc1ccc(CNC(=O)COC(=O)Cc2csc(COc3ccc(C)cc3)n2)cc1. The summed E-state index contributed by atoms with van der Waals surface area (Å²) in [6, 6.07) is 15.6. The van der Waals surface area contributed by atoms with Crippen LogP contribution in [0.15, 0.2) is 53.9 Å². The van der Waals surface area contributed by atoms with Crippen molar-refractivity contribution in [1.29, 1.82) is 0 Å². The average Bonchev–Trinajstić information content (AvgIpc) is 3.18. The van der Waals surface area contributed by atoms with Gasteiger partial charge in [-0.2, -0.15) is 0 Å². The van der Waals surface area contributed by atoms with Crippen molar-refractivity contribution in [2.24, 2.45) is 0 Å². The highest BCUT2D eigenvalue weighted by Crippen LogP contribution is 2.16. The smallest absolute Gasteiger partial charge is 0.312 e. The van der Waals surface area contributed by atoms with Crippen molar-refractivity contribution in [3.05, 3.63) is 81.3 Å². The Bertz CT molecular complexity index is 981. The fraction of sp³-hybridized carbons (Fsp3) is 0.261. The highest BCUT2D eigenvalue weighted by atomic mass is 32.1. The fourth-order valence-electron chi connectivity index (χ4n) is 2.58. The zero-order valence-electron chi connectivity index (χ0n) is 17.0. The number of hydrogen-bond donors (Lipinski definition) is 1. The number of thiazole rings is 1. The predicted molar refractivity (Wildman–Crippen MR) is 115 cm³/mol. The van der Waals surface area contributed by atoms with Gasteiger partial charge in [-0.05, 0) is 31.5 Å². The fourth-order valence-corrected chi connectivity index (χ4v) is 3.28. The van der Waals surface area contributed by atoms with E-state index in [0.29, 0.717) is 18.8 Å². The predicted octanol–water partition coefficient (Wildman–Crippen LogP) is 3.74. The van der Waals surface area contributed by atoms with Crippen molar-refractivity contribution in [3.63, 3.8) is 0 Å². The van der Waals surface area contributed by atoms with Crippen LogP contribution in [0, 0.1) is 13.8 Å². The normalized spacial score (nSPS) is 10.5. The Balaban J connectivity index is 1.36. The molecule has 0 saturated heterocycles. The third-order valence-electron chi connectivity index (χ3n) is 4.28. The van der Waals surface area contributed by atoms with Crippen LogP contribution in [0.1, 0.15) is 27.4 Å². The van der Waals surface area contributed by atoms with E-state index in [1.165, 1.54) is 16.9 Å². The van der Waals surface area contributed by atoms with Crippen molar-refractivity contribution >= 4 is 23.2 Å². The van der Waals surface area contributed by atoms with Gasteiger partial charge in [0.2, 0.25) is 0 Å². The molecular weight excluding hydrogens is 400 g/mol. The molecule has 0 spiro atoms. The number of esters is 1. The monoisotopic (exact) mass is 424 g/mol. The van der Waals surface area contributed by atoms with E-state index in [1.807, 2.05) is 62.4 Å². The molecule has 0 saturated carbocycles. The van der Waals surface area contributed by atoms with Crippen LogP contribution < -0.4 is 10.1 Å². The number of aryl methyl sites for hydroxylation is 2. The summed E-state index contributed by atoms with van der Waals surface area (Å²) < 4.78 is 10.7. The molecule has 1 N–H and O–H groups in total. The lowest BCUT2D eigenvalue weighted by molar-refractivity contribution is -0.147. The molecule has 1 aromatic heterocycles.